The molecule has 20 heavy (non-hydrogen) atoms. The second-order valence-electron chi connectivity index (χ2n) is 6.35. The van der Waals surface area contributed by atoms with Crippen molar-refractivity contribution in [2.24, 2.45) is 5.92 Å². The molecule has 1 N–H and O–H groups in total. The summed E-state index contributed by atoms with van der Waals surface area (Å²) in [5, 5.41) is 3.72. The molecule has 0 aliphatic carbocycles. The van der Waals surface area contributed by atoms with E-state index in [0.717, 1.165) is 18.9 Å². The van der Waals surface area contributed by atoms with Gasteiger partial charge in [-0.05, 0) is 50.8 Å². The minimum Gasteiger partial charge on any atom is -0.309 e. The zero-order valence-electron chi connectivity index (χ0n) is 13.4. The van der Waals surface area contributed by atoms with Crippen LogP contribution in [-0.2, 0) is 0 Å². The van der Waals surface area contributed by atoms with Crippen LogP contribution in [0, 0.1) is 12.8 Å². The van der Waals surface area contributed by atoms with Gasteiger partial charge in [0.1, 0.15) is 0 Å². The van der Waals surface area contributed by atoms with Crippen LogP contribution in [0.4, 0.5) is 0 Å². The van der Waals surface area contributed by atoms with E-state index in [4.69, 9.17) is 0 Å². The van der Waals surface area contributed by atoms with E-state index in [-0.39, 0.29) is 0 Å². The highest BCUT2D eigenvalue weighted by Crippen LogP contribution is 2.18. The van der Waals surface area contributed by atoms with Crippen molar-refractivity contribution < 1.29 is 0 Å². The van der Waals surface area contributed by atoms with Crippen molar-refractivity contribution in [1.29, 1.82) is 0 Å². The number of nitrogens with zero attached hydrogens (tertiary/aromatic N) is 1. The molecule has 1 aliphatic rings. The molecular formula is C18H30N2. The molecule has 2 heteroatoms. The van der Waals surface area contributed by atoms with E-state index in [1.807, 2.05) is 0 Å². The van der Waals surface area contributed by atoms with Crippen molar-refractivity contribution in [2.45, 2.75) is 46.1 Å². The summed E-state index contributed by atoms with van der Waals surface area (Å²) in [6, 6.07) is 9.45. The number of hydrogen-bond donors (Lipinski definition) is 1. The van der Waals surface area contributed by atoms with Crippen molar-refractivity contribution in [3.05, 3.63) is 35.4 Å². The van der Waals surface area contributed by atoms with Gasteiger partial charge in [-0.15, -0.1) is 0 Å². The highest BCUT2D eigenvalue weighted by atomic mass is 15.1. The smallest absolute Gasteiger partial charge is 0.0318 e. The van der Waals surface area contributed by atoms with Gasteiger partial charge >= 0.3 is 0 Å². The van der Waals surface area contributed by atoms with Crippen LogP contribution >= 0.6 is 0 Å². The Morgan fingerprint density at radius 2 is 1.85 bits per heavy atom. The Bertz CT molecular complexity index is 377. The van der Waals surface area contributed by atoms with E-state index < -0.39 is 0 Å². The van der Waals surface area contributed by atoms with Crippen molar-refractivity contribution in [2.75, 3.05) is 26.2 Å². The number of benzene rings is 1. The molecule has 0 radical (unpaired) electrons. The summed E-state index contributed by atoms with van der Waals surface area (Å²) in [5.74, 6) is 0.926. The second kappa shape index (κ2) is 7.80. The Kier molecular flexibility index (Phi) is 6.06. The van der Waals surface area contributed by atoms with Crippen LogP contribution in [-0.4, -0.2) is 31.1 Å². The summed E-state index contributed by atoms with van der Waals surface area (Å²) in [6.07, 6.45) is 3.89. The molecule has 0 amide bonds. The first-order valence-electron chi connectivity index (χ1n) is 8.21. The molecule has 1 unspecified atom stereocenters. The largest absolute Gasteiger partial charge is 0.309 e. The van der Waals surface area contributed by atoms with Crippen LogP contribution in [0.15, 0.2) is 24.3 Å². The molecule has 0 spiro atoms. The molecule has 1 saturated heterocycles. The van der Waals surface area contributed by atoms with E-state index >= 15 is 0 Å². The third-order valence-electron chi connectivity index (χ3n) is 4.58. The topological polar surface area (TPSA) is 15.3 Å². The van der Waals surface area contributed by atoms with Crippen LogP contribution in [0.2, 0.25) is 0 Å². The standard InChI is InChI=1S/C18H30N2/c1-4-18(17-7-5-15(2)6-8-17)19-11-14-20-12-9-16(3)10-13-20/h5-8,16,18-19H,4,9-14H2,1-3H3. The monoisotopic (exact) mass is 274 g/mol. The van der Waals surface area contributed by atoms with Crippen molar-refractivity contribution in [1.82, 2.24) is 10.2 Å². The summed E-state index contributed by atoms with van der Waals surface area (Å²) in [5.41, 5.74) is 2.76. The molecule has 1 atom stereocenters. The number of piperidine rings is 1. The lowest BCUT2D eigenvalue weighted by Crippen LogP contribution is -2.38. The highest BCUT2D eigenvalue weighted by molar-refractivity contribution is 5.24. The number of aryl methyl sites for hydroxylation is 1. The van der Waals surface area contributed by atoms with E-state index in [2.05, 4.69) is 55.3 Å². The first kappa shape index (κ1) is 15.5. The lowest BCUT2D eigenvalue weighted by atomic mass is 9.99. The normalized spacial score (nSPS) is 19.1. The Labute approximate surface area is 124 Å². The molecule has 0 saturated carbocycles. The van der Waals surface area contributed by atoms with Gasteiger partial charge in [0.05, 0.1) is 0 Å². The molecule has 1 aliphatic heterocycles. The van der Waals surface area contributed by atoms with Crippen LogP contribution in [0.3, 0.4) is 0 Å². The zero-order valence-corrected chi connectivity index (χ0v) is 13.4. The predicted molar refractivity (Wildman–Crippen MR) is 87.1 cm³/mol. The summed E-state index contributed by atoms with van der Waals surface area (Å²) in [7, 11) is 0. The Balaban J connectivity index is 1.75. The number of nitrogens with one attached hydrogen (secondary N) is 1. The molecule has 112 valence electrons. The molecule has 0 bridgehead atoms. The Morgan fingerprint density at radius 1 is 1.20 bits per heavy atom. The zero-order chi connectivity index (χ0) is 14.4. The lowest BCUT2D eigenvalue weighted by molar-refractivity contribution is 0.191. The SMILES string of the molecule is CCC(NCCN1CCC(C)CC1)c1ccc(C)cc1. The van der Waals surface area contributed by atoms with E-state index in [0.29, 0.717) is 6.04 Å². The minimum atomic E-state index is 0.499. The fraction of sp³-hybridized carbons (Fsp3) is 0.667. The lowest BCUT2D eigenvalue weighted by Gasteiger charge is -2.30. The second-order valence-corrected chi connectivity index (χ2v) is 6.35. The summed E-state index contributed by atoms with van der Waals surface area (Å²) in [4.78, 5) is 2.61. The molecule has 1 aromatic rings. The summed E-state index contributed by atoms with van der Waals surface area (Å²) < 4.78 is 0. The maximum absolute atomic E-state index is 3.72. The summed E-state index contributed by atoms with van der Waals surface area (Å²) >= 11 is 0. The van der Waals surface area contributed by atoms with Crippen LogP contribution in [0.1, 0.15) is 50.3 Å². The maximum Gasteiger partial charge on any atom is 0.0318 e. The number of likely N-dealkylation sites (tertiary alicyclic amines) is 1. The van der Waals surface area contributed by atoms with Crippen LogP contribution < -0.4 is 5.32 Å². The first-order chi connectivity index (χ1) is 9.69. The van der Waals surface area contributed by atoms with E-state index in [9.17, 15) is 0 Å². The van der Waals surface area contributed by atoms with Gasteiger partial charge in [-0.1, -0.05) is 43.7 Å². The quantitative estimate of drug-likeness (QED) is 0.849. The minimum absolute atomic E-state index is 0.499. The third-order valence-corrected chi connectivity index (χ3v) is 4.58. The molecular weight excluding hydrogens is 244 g/mol. The van der Waals surface area contributed by atoms with Gasteiger partial charge in [0, 0.05) is 19.1 Å². The first-order valence-corrected chi connectivity index (χ1v) is 8.21. The van der Waals surface area contributed by atoms with Gasteiger partial charge in [-0.3, -0.25) is 0 Å². The maximum atomic E-state index is 3.72. The van der Waals surface area contributed by atoms with Gasteiger partial charge in [0.15, 0.2) is 0 Å². The van der Waals surface area contributed by atoms with E-state index in [1.165, 1.54) is 43.6 Å². The predicted octanol–water partition coefficient (Wildman–Crippen LogP) is 3.77. The molecule has 1 heterocycles. The third kappa shape index (κ3) is 4.60. The number of hydrogen-bond acceptors (Lipinski definition) is 2. The fourth-order valence-electron chi connectivity index (χ4n) is 2.98. The van der Waals surface area contributed by atoms with Crippen molar-refractivity contribution in [3.63, 3.8) is 0 Å². The fourth-order valence-corrected chi connectivity index (χ4v) is 2.98. The number of rotatable bonds is 6. The molecule has 1 aromatic carbocycles. The summed E-state index contributed by atoms with van der Waals surface area (Å²) in [6.45, 7) is 11.6. The van der Waals surface area contributed by atoms with Crippen molar-refractivity contribution >= 4 is 0 Å². The highest BCUT2D eigenvalue weighted by Gasteiger charge is 2.15. The Morgan fingerprint density at radius 3 is 2.45 bits per heavy atom. The van der Waals surface area contributed by atoms with E-state index in [1.54, 1.807) is 0 Å². The molecule has 1 fully saturated rings. The van der Waals surface area contributed by atoms with Gasteiger partial charge < -0.3 is 10.2 Å². The molecule has 2 rings (SSSR count). The average Bonchev–Trinajstić information content (AvgIpc) is 2.47. The van der Waals surface area contributed by atoms with Crippen molar-refractivity contribution in [3.8, 4) is 0 Å². The van der Waals surface area contributed by atoms with Crippen LogP contribution in [0.5, 0.6) is 0 Å². The molecule has 0 aromatic heterocycles. The Hall–Kier alpha value is -0.860. The van der Waals surface area contributed by atoms with Gasteiger partial charge in [-0.2, -0.15) is 0 Å². The van der Waals surface area contributed by atoms with Gasteiger partial charge in [-0.25, -0.2) is 0 Å². The van der Waals surface area contributed by atoms with Crippen LogP contribution in [0.25, 0.3) is 0 Å². The van der Waals surface area contributed by atoms with Gasteiger partial charge in [0.25, 0.3) is 0 Å². The average molecular weight is 274 g/mol. The molecule has 2 nitrogen and oxygen atoms in total. The van der Waals surface area contributed by atoms with Gasteiger partial charge in [0.2, 0.25) is 0 Å².